The van der Waals surface area contributed by atoms with Crippen molar-refractivity contribution in [3.05, 3.63) is 87.7 Å². The number of anilines is 1. The summed E-state index contributed by atoms with van der Waals surface area (Å²) < 4.78 is 24.7. The molecule has 0 heterocycles. The van der Waals surface area contributed by atoms with Gasteiger partial charge in [0.05, 0.1) is 23.4 Å². The Morgan fingerprint density at radius 2 is 1.79 bits per heavy atom. The quantitative estimate of drug-likeness (QED) is 0.283. The smallest absolute Gasteiger partial charge is 0.329 e. The summed E-state index contributed by atoms with van der Waals surface area (Å²) in [6.07, 6.45) is 1.33. The number of halogens is 3. The third-order valence-corrected chi connectivity index (χ3v) is 5.03. The van der Waals surface area contributed by atoms with Crippen LogP contribution in [0.4, 0.5) is 10.1 Å². The molecule has 2 N–H and O–H groups in total. The van der Waals surface area contributed by atoms with Crippen LogP contribution in [0.3, 0.4) is 0 Å². The summed E-state index contributed by atoms with van der Waals surface area (Å²) in [5.74, 6) is -1.48. The number of benzene rings is 3. The van der Waals surface area contributed by atoms with Crippen molar-refractivity contribution >= 4 is 46.9 Å². The molecule has 0 fully saturated rings. The molecule has 0 radical (unpaired) electrons. The van der Waals surface area contributed by atoms with Gasteiger partial charge in [-0.15, -0.1) is 0 Å². The highest BCUT2D eigenvalue weighted by Gasteiger charge is 2.14. The highest BCUT2D eigenvalue weighted by Crippen LogP contribution is 2.28. The summed E-state index contributed by atoms with van der Waals surface area (Å²) in [7, 11) is 1.46. The highest BCUT2D eigenvalue weighted by atomic mass is 35.5. The first kappa shape index (κ1) is 24.0. The Labute approximate surface area is 199 Å². The lowest BCUT2D eigenvalue weighted by molar-refractivity contribution is -0.136. The van der Waals surface area contributed by atoms with Crippen molar-refractivity contribution in [3.8, 4) is 11.5 Å². The number of methoxy groups -OCH3 is 1. The van der Waals surface area contributed by atoms with E-state index in [0.29, 0.717) is 33.3 Å². The van der Waals surface area contributed by atoms with Gasteiger partial charge in [0.2, 0.25) is 0 Å². The topological polar surface area (TPSA) is 89.0 Å². The molecule has 0 unspecified atom stereocenters. The van der Waals surface area contributed by atoms with Gasteiger partial charge in [0.25, 0.3) is 0 Å². The molecule has 2 amide bonds. The Hall–Kier alpha value is -3.62. The predicted octanol–water partition coefficient (Wildman–Crippen LogP) is 4.81. The Kier molecular flexibility index (Phi) is 8.23. The molecule has 3 aromatic carbocycles. The number of nitrogens with one attached hydrogen (secondary N) is 2. The maximum Gasteiger partial charge on any atom is 0.329 e. The number of hydrogen-bond donors (Lipinski definition) is 2. The van der Waals surface area contributed by atoms with Gasteiger partial charge in [-0.1, -0.05) is 41.4 Å². The number of ether oxygens (including phenoxy) is 2. The van der Waals surface area contributed by atoms with E-state index >= 15 is 0 Å². The minimum absolute atomic E-state index is 0.0282. The molecule has 0 atom stereocenters. The van der Waals surface area contributed by atoms with E-state index in [1.807, 2.05) is 0 Å². The second-order valence-corrected chi connectivity index (χ2v) is 7.39. The van der Waals surface area contributed by atoms with Crippen molar-refractivity contribution in [1.82, 2.24) is 5.43 Å². The van der Waals surface area contributed by atoms with Gasteiger partial charge >= 0.3 is 11.8 Å². The van der Waals surface area contributed by atoms with Gasteiger partial charge in [0.15, 0.2) is 11.5 Å². The number of carbonyl (C=O) groups is 2. The Bertz CT molecular complexity index is 1200. The fourth-order valence-corrected chi connectivity index (χ4v) is 2.93. The van der Waals surface area contributed by atoms with Gasteiger partial charge < -0.3 is 14.8 Å². The van der Waals surface area contributed by atoms with Gasteiger partial charge in [0.1, 0.15) is 12.4 Å². The van der Waals surface area contributed by atoms with Crippen LogP contribution in [0, 0.1) is 5.82 Å². The summed E-state index contributed by atoms with van der Waals surface area (Å²) in [4.78, 5) is 23.9. The van der Waals surface area contributed by atoms with E-state index in [1.54, 1.807) is 36.4 Å². The highest BCUT2D eigenvalue weighted by molar-refractivity contribution is 6.42. The molecule has 170 valence electrons. The van der Waals surface area contributed by atoms with Crippen molar-refractivity contribution < 1.29 is 23.5 Å². The van der Waals surface area contributed by atoms with Crippen LogP contribution in [0.5, 0.6) is 11.5 Å². The van der Waals surface area contributed by atoms with E-state index in [0.717, 1.165) is 0 Å². The van der Waals surface area contributed by atoms with Gasteiger partial charge in [0, 0.05) is 11.3 Å². The van der Waals surface area contributed by atoms with E-state index in [-0.39, 0.29) is 17.4 Å². The Balaban J connectivity index is 1.57. The van der Waals surface area contributed by atoms with Crippen LogP contribution in [0.15, 0.2) is 65.8 Å². The van der Waals surface area contributed by atoms with E-state index in [2.05, 4.69) is 15.8 Å². The molecule has 0 saturated heterocycles. The van der Waals surface area contributed by atoms with E-state index in [4.69, 9.17) is 32.7 Å². The second kappa shape index (κ2) is 11.3. The van der Waals surface area contributed by atoms with Crippen LogP contribution in [-0.2, 0) is 16.2 Å². The molecule has 10 heteroatoms. The number of rotatable bonds is 7. The average Bonchev–Trinajstić information content (AvgIpc) is 2.81. The zero-order chi connectivity index (χ0) is 23.8. The van der Waals surface area contributed by atoms with Crippen molar-refractivity contribution in [2.75, 3.05) is 12.4 Å². The summed E-state index contributed by atoms with van der Waals surface area (Å²) in [6.45, 7) is 0.0282. The average molecular weight is 490 g/mol. The van der Waals surface area contributed by atoms with Crippen molar-refractivity contribution in [2.45, 2.75) is 6.61 Å². The predicted molar refractivity (Wildman–Crippen MR) is 125 cm³/mol. The zero-order valence-corrected chi connectivity index (χ0v) is 18.8. The minimum Gasteiger partial charge on any atom is -0.493 e. The van der Waals surface area contributed by atoms with Gasteiger partial charge in [-0.3, -0.25) is 9.59 Å². The summed E-state index contributed by atoms with van der Waals surface area (Å²) in [6, 6.07) is 15.6. The number of hydrogen-bond acceptors (Lipinski definition) is 5. The molecule has 0 saturated carbocycles. The molecule has 33 heavy (non-hydrogen) atoms. The second-order valence-electron chi connectivity index (χ2n) is 6.57. The molecular weight excluding hydrogens is 472 g/mol. The zero-order valence-electron chi connectivity index (χ0n) is 17.3. The lowest BCUT2D eigenvalue weighted by Gasteiger charge is -2.11. The lowest BCUT2D eigenvalue weighted by Crippen LogP contribution is -2.32. The first-order valence-corrected chi connectivity index (χ1v) is 10.3. The van der Waals surface area contributed by atoms with Crippen molar-refractivity contribution in [3.63, 3.8) is 0 Å². The van der Waals surface area contributed by atoms with E-state index in [1.165, 1.54) is 37.6 Å². The SMILES string of the molecule is COc1cc(/C=N/NC(=O)C(=O)Nc2ccc(Cl)c(Cl)c2)ccc1OCc1ccccc1F. The molecule has 7 nitrogen and oxygen atoms in total. The number of amides is 2. The van der Waals surface area contributed by atoms with Crippen LogP contribution < -0.4 is 20.2 Å². The number of hydrazone groups is 1. The van der Waals surface area contributed by atoms with Crippen molar-refractivity contribution in [2.24, 2.45) is 5.10 Å². The molecular formula is C23H18Cl2FN3O4. The fraction of sp³-hybridized carbons (Fsp3) is 0.0870. The largest absolute Gasteiger partial charge is 0.493 e. The number of nitrogens with zero attached hydrogens (tertiary/aromatic N) is 1. The third kappa shape index (κ3) is 6.68. The summed E-state index contributed by atoms with van der Waals surface area (Å²) >= 11 is 11.7. The monoisotopic (exact) mass is 489 g/mol. The van der Waals surface area contributed by atoms with Gasteiger partial charge in [-0.25, -0.2) is 9.82 Å². The lowest BCUT2D eigenvalue weighted by atomic mass is 10.2. The van der Waals surface area contributed by atoms with Crippen LogP contribution in [-0.4, -0.2) is 25.1 Å². The van der Waals surface area contributed by atoms with Crippen molar-refractivity contribution in [1.29, 1.82) is 0 Å². The fourth-order valence-electron chi connectivity index (χ4n) is 2.63. The third-order valence-electron chi connectivity index (χ3n) is 4.29. The Morgan fingerprint density at radius 1 is 1.00 bits per heavy atom. The molecule has 0 aliphatic heterocycles. The van der Waals surface area contributed by atoms with Gasteiger partial charge in [-0.05, 0) is 48.0 Å². The molecule has 0 aromatic heterocycles. The summed E-state index contributed by atoms with van der Waals surface area (Å²) in [5, 5.41) is 6.71. The molecule has 3 aromatic rings. The van der Waals surface area contributed by atoms with Crippen LogP contribution in [0.1, 0.15) is 11.1 Å². The minimum atomic E-state index is -0.978. The maximum atomic E-state index is 13.8. The van der Waals surface area contributed by atoms with Crippen LogP contribution in [0.25, 0.3) is 0 Å². The first-order valence-electron chi connectivity index (χ1n) is 9.51. The molecule has 0 bridgehead atoms. The van der Waals surface area contributed by atoms with E-state index < -0.39 is 11.8 Å². The molecule has 3 rings (SSSR count). The van der Waals surface area contributed by atoms with Gasteiger partial charge in [-0.2, -0.15) is 5.10 Å². The number of carbonyl (C=O) groups excluding carboxylic acids is 2. The summed E-state index contributed by atoms with van der Waals surface area (Å²) in [5.41, 5.74) is 3.41. The maximum absolute atomic E-state index is 13.8. The molecule has 0 aliphatic rings. The van der Waals surface area contributed by atoms with Crippen LogP contribution in [0.2, 0.25) is 10.0 Å². The Morgan fingerprint density at radius 3 is 2.52 bits per heavy atom. The van der Waals surface area contributed by atoms with E-state index in [9.17, 15) is 14.0 Å². The molecule has 0 aliphatic carbocycles. The normalized spacial score (nSPS) is 10.7. The first-order chi connectivity index (χ1) is 15.9. The standard InChI is InChI=1S/C23H18Cl2FN3O4/c1-32-21-10-14(6-9-20(21)33-13-15-4-2-3-5-19(15)26)12-27-29-23(31)22(30)28-16-7-8-17(24)18(25)11-16/h2-12H,13H2,1H3,(H,28,30)(H,29,31)/b27-12+. The van der Waals surface area contributed by atoms with Crippen LogP contribution >= 0.6 is 23.2 Å². The molecule has 0 spiro atoms.